The second-order valence-corrected chi connectivity index (χ2v) is 5.09. The SMILES string of the molecule is COc1ccc(CN2CCC(OC)CC2CN)cc1. The van der Waals surface area contributed by atoms with Gasteiger partial charge >= 0.3 is 0 Å². The molecule has 2 unspecified atom stereocenters. The fourth-order valence-corrected chi connectivity index (χ4v) is 2.70. The smallest absolute Gasteiger partial charge is 0.118 e. The van der Waals surface area contributed by atoms with Crippen LogP contribution in [0.5, 0.6) is 5.75 Å². The Kier molecular flexibility index (Phi) is 5.19. The van der Waals surface area contributed by atoms with Crippen molar-refractivity contribution in [2.75, 3.05) is 27.3 Å². The van der Waals surface area contributed by atoms with Crippen LogP contribution in [0.2, 0.25) is 0 Å². The van der Waals surface area contributed by atoms with Gasteiger partial charge in [-0.3, -0.25) is 4.90 Å². The highest BCUT2D eigenvalue weighted by atomic mass is 16.5. The minimum Gasteiger partial charge on any atom is -0.497 e. The summed E-state index contributed by atoms with van der Waals surface area (Å²) in [5.74, 6) is 0.900. The number of nitrogens with two attached hydrogens (primary N) is 1. The number of ether oxygens (including phenoxy) is 2. The Bertz CT molecular complexity index is 380. The van der Waals surface area contributed by atoms with Crippen molar-refractivity contribution in [1.82, 2.24) is 4.90 Å². The number of nitrogens with zero attached hydrogens (tertiary/aromatic N) is 1. The zero-order valence-electron chi connectivity index (χ0n) is 11.8. The minimum absolute atomic E-state index is 0.362. The lowest BCUT2D eigenvalue weighted by Gasteiger charge is -2.38. The molecule has 0 saturated carbocycles. The number of piperidine rings is 1. The highest BCUT2D eigenvalue weighted by Crippen LogP contribution is 2.22. The molecule has 19 heavy (non-hydrogen) atoms. The minimum atomic E-state index is 0.362. The Hall–Kier alpha value is -1.10. The van der Waals surface area contributed by atoms with Crippen LogP contribution >= 0.6 is 0 Å². The summed E-state index contributed by atoms with van der Waals surface area (Å²) in [7, 11) is 3.48. The molecule has 2 atom stereocenters. The van der Waals surface area contributed by atoms with E-state index in [1.165, 1.54) is 5.56 Å². The summed E-state index contributed by atoms with van der Waals surface area (Å²) in [6, 6.07) is 8.67. The number of rotatable bonds is 5. The van der Waals surface area contributed by atoms with Gasteiger partial charge in [0.2, 0.25) is 0 Å². The number of likely N-dealkylation sites (tertiary alicyclic amines) is 1. The van der Waals surface area contributed by atoms with Gasteiger partial charge in [0.05, 0.1) is 13.2 Å². The van der Waals surface area contributed by atoms with Crippen molar-refractivity contribution in [3.8, 4) is 5.75 Å². The fourth-order valence-electron chi connectivity index (χ4n) is 2.70. The first-order valence-electron chi connectivity index (χ1n) is 6.86. The maximum atomic E-state index is 5.89. The van der Waals surface area contributed by atoms with Crippen molar-refractivity contribution in [2.24, 2.45) is 5.73 Å². The molecule has 1 aromatic rings. The van der Waals surface area contributed by atoms with Gasteiger partial charge in [0.1, 0.15) is 5.75 Å². The Balaban J connectivity index is 1.96. The molecule has 0 radical (unpaired) electrons. The van der Waals surface area contributed by atoms with Gasteiger partial charge in [0, 0.05) is 32.8 Å². The Morgan fingerprint density at radius 2 is 2.00 bits per heavy atom. The van der Waals surface area contributed by atoms with Crippen LogP contribution in [0.3, 0.4) is 0 Å². The van der Waals surface area contributed by atoms with Gasteiger partial charge in [-0.05, 0) is 30.5 Å². The van der Waals surface area contributed by atoms with Gasteiger partial charge in [-0.25, -0.2) is 0 Å². The summed E-state index contributed by atoms with van der Waals surface area (Å²) in [6.07, 6.45) is 2.48. The van der Waals surface area contributed by atoms with E-state index in [4.69, 9.17) is 15.2 Å². The lowest BCUT2D eigenvalue weighted by atomic mass is 9.98. The van der Waals surface area contributed by atoms with Gasteiger partial charge in [-0.2, -0.15) is 0 Å². The van der Waals surface area contributed by atoms with Crippen molar-refractivity contribution in [3.05, 3.63) is 29.8 Å². The summed E-state index contributed by atoms with van der Waals surface area (Å²) in [5, 5.41) is 0. The van der Waals surface area contributed by atoms with Crippen molar-refractivity contribution >= 4 is 0 Å². The van der Waals surface area contributed by atoms with Crippen LogP contribution < -0.4 is 10.5 Å². The topological polar surface area (TPSA) is 47.7 Å². The summed E-state index contributed by atoms with van der Waals surface area (Å²) in [4.78, 5) is 2.46. The van der Waals surface area contributed by atoms with Gasteiger partial charge < -0.3 is 15.2 Å². The van der Waals surface area contributed by atoms with Crippen LogP contribution in [-0.4, -0.2) is 44.4 Å². The number of benzene rings is 1. The molecule has 1 aliphatic heterocycles. The second kappa shape index (κ2) is 6.89. The maximum Gasteiger partial charge on any atom is 0.118 e. The van der Waals surface area contributed by atoms with Crippen LogP contribution in [0, 0.1) is 0 Å². The Labute approximate surface area is 115 Å². The molecule has 0 aliphatic carbocycles. The van der Waals surface area contributed by atoms with E-state index in [1.807, 2.05) is 12.1 Å². The molecule has 2 rings (SSSR count). The molecule has 0 spiro atoms. The van der Waals surface area contributed by atoms with Crippen molar-refractivity contribution in [2.45, 2.75) is 31.5 Å². The van der Waals surface area contributed by atoms with E-state index >= 15 is 0 Å². The van der Waals surface area contributed by atoms with E-state index < -0.39 is 0 Å². The van der Waals surface area contributed by atoms with Gasteiger partial charge in [0.15, 0.2) is 0 Å². The molecule has 4 nitrogen and oxygen atoms in total. The summed E-state index contributed by atoms with van der Waals surface area (Å²) in [5.41, 5.74) is 7.19. The van der Waals surface area contributed by atoms with Crippen molar-refractivity contribution in [3.63, 3.8) is 0 Å². The Morgan fingerprint density at radius 3 is 2.58 bits per heavy atom. The van der Waals surface area contributed by atoms with E-state index in [0.717, 1.165) is 31.7 Å². The average molecular weight is 264 g/mol. The van der Waals surface area contributed by atoms with Crippen LogP contribution in [0.4, 0.5) is 0 Å². The van der Waals surface area contributed by atoms with Crippen molar-refractivity contribution < 1.29 is 9.47 Å². The molecule has 1 heterocycles. The molecule has 2 N–H and O–H groups in total. The normalized spacial score (nSPS) is 24.4. The molecule has 0 bridgehead atoms. The summed E-state index contributed by atoms with van der Waals surface area (Å²) < 4.78 is 10.6. The number of hydrogen-bond acceptors (Lipinski definition) is 4. The van der Waals surface area contributed by atoms with E-state index in [9.17, 15) is 0 Å². The zero-order valence-corrected chi connectivity index (χ0v) is 11.8. The maximum absolute atomic E-state index is 5.89. The number of methoxy groups -OCH3 is 2. The van der Waals surface area contributed by atoms with Crippen LogP contribution in [0.25, 0.3) is 0 Å². The summed E-state index contributed by atoms with van der Waals surface area (Å²) in [6.45, 7) is 2.69. The second-order valence-electron chi connectivity index (χ2n) is 5.09. The molecule has 1 saturated heterocycles. The first-order valence-corrected chi connectivity index (χ1v) is 6.86. The third-order valence-electron chi connectivity index (χ3n) is 3.94. The molecule has 0 aromatic heterocycles. The highest BCUT2D eigenvalue weighted by molar-refractivity contribution is 5.27. The average Bonchev–Trinajstić information content (AvgIpc) is 2.48. The predicted molar refractivity (Wildman–Crippen MR) is 76.3 cm³/mol. The predicted octanol–water partition coefficient (Wildman–Crippen LogP) is 1.63. The molecule has 0 amide bonds. The van der Waals surface area contributed by atoms with Crippen molar-refractivity contribution in [1.29, 1.82) is 0 Å². The Morgan fingerprint density at radius 1 is 1.26 bits per heavy atom. The first kappa shape index (κ1) is 14.3. The van der Waals surface area contributed by atoms with E-state index in [1.54, 1.807) is 14.2 Å². The molecular weight excluding hydrogens is 240 g/mol. The van der Waals surface area contributed by atoms with Crippen LogP contribution in [0.1, 0.15) is 18.4 Å². The molecule has 1 fully saturated rings. The molecule has 106 valence electrons. The van der Waals surface area contributed by atoms with Gasteiger partial charge in [-0.15, -0.1) is 0 Å². The monoisotopic (exact) mass is 264 g/mol. The molecule has 4 heteroatoms. The fraction of sp³-hybridized carbons (Fsp3) is 0.600. The quantitative estimate of drug-likeness (QED) is 0.878. The lowest BCUT2D eigenvalue weighted by Crippen LogP contribution is -2.47. The molecular formula is C15H24N2O2. The molecule has 1 aromatic carbocycles. The zero-order chi connectivity index (χ0) is 13.7. The summed E-state index contributed by atoms with van der Waals surface area (Å²) >= 11 is 0. The largest absolute Gasteiger partial charge is 0.497 e. The standard InChI is InChI=1S/C15H24N2O2/c1-18-14-5-3-12(4-6-14)11-17-8-7-15(19-2)9-13(17)10-16/h3-6,13,15H,7-11,16H2,1-2H3. The number of hydrogen-bond donors (Lipinski definition) is 1. The van der Waals surface area contributed by atoms with Gasteiger partial charge in [0.25, 0.3) is 0 Å². The third-order valence-corrected chi connectivity index (χ3v) is 3.94. The van der Waals surface area contributed by atoms with Crippen LogP contribution in [0.15, 0.2) is 24.3 Å². The third kappa shape index (κ3) is 3.69. The molecule has 1 aliphatic rings. The van der Waals surface area contributed by atoms with Gasteiger partial charge in [-0.1, -0.05) is 12.1 Å². The van der Waals surface area contributed by atoms with E-state index in [-0.39, 0.29) is 0 Å². The lowest BCUT2D eigenvalue weighted by molar-refractivity contribution is 0.0102. The van der Waals surface area contributed by atoms with E-state index in [2.05, 4.69) is 17.0 Å². The highest BCUT2D eigenvalue weighted by Gasteiger charge is 2.27. The first-order chi connectivity index (χ1) is 9.26. The van der Waals surface area contributed by atoms with E-state index in [0.29, 0.717) is 18.7 Å². The van der Waals surface area contributed by atoms with Crippen LogP contribution in [-0.2, 0) is 11.3 Å².